The zero-order valence-electron chi connectivity index (χ0n) is 10.5. The minimum absolute atomic E-state index is 0.0202. The van der Waals surface area contributed by atoms with Gasteiger partial charge in [-0.1, -0.05) is 0 Å². The Morgan fingerprint density at radius 2 is 2.00 bits per heavy atom. The lowest BCUT2D eigenvalue weighted by atomic mass is 10.4. The van der Waals surface area contributed by atoms with Crippen LogP contribution in [0.2, 0.25) is 0 Å². The fourth-order valence-corrected chi connectivity index (χ4v) is 2.11. The van der Waals surface area contributed by atoms with Gasteiger partial charge < -0.3 is 11.1 Å². The molecule has 0 amide bonds. The molecule has 0 saturated carbocycles. The highest BCUT2D eigenvalue weighted by molar-refractivity contribution is 7.89. The number of nitrogen functional groups attached to an aromatic ring is 1. The Hall–Kier alpha value is -1.81. The standard InChI is InChI=1S/C9H17N5O4S/c1-2-14-7(10)6(8(15)13-9(14)16)12-4-3-5-19(11,17)18/h12H,2-5,10H2,1H3,(H2,11,17,18)(H,13,15,16). The molecule has 1 rings (SSSR count). The van der Waals surface area contributed by atoms with E-state index in [1.807, 2.05) is 0 Å². The molecule has 0 aliphatic rings. The van der Waals surface area contributed by atoms with Gasteiger partial charge in [0.1, 0.15) is 11.5 Å². The zero-order valence-corrected chi connectivity index (χ0v) is 11.3. The van der Waals surface area contributed by atoms with Crippen molar-refractivity contribution in [2.24, 2.45) is 5.14 Å². The second kappa shape index (κ2) is 5.89. The lowest BCUT2D eigenvalue weighted by molar-refractivity contribution is 0.596. The molecule has 108 valence electrons. The molecule has 9 nitrogen and oxygen atoms in total. The lowest BCUT2D eigenvalue weighted by Gasteiger charge is -2.12. The molecule has 0 aliphatic heterocycles. The Balaban J connectivity index is 2.85. The summed E-state index contributed by atoms with van der Waals surface area (Å²) < 4.78 is 22.7. The third kappa shape index (κ3) is 4.10. The van der Waals surface area contributed by atoms with Crippen LogP contribution in [0, 0.1) is 0 Å². The van der Waals surface area contributed by atoms with Crippen LogP contribution < -0.4 is 27.4 Å². The number of aromatic amines is 1. The van der Waals surface area contributed by atoms with E-state index in [4.69, 9.17) is 10.9 Å². The van der Waals surface area contributed by atoms with Crippen molar-refractivity contribution in [3.05, 3.63) is 20.8 Å². The number of sulfonamides is 1. The first-order valence-electron chi connectivity index (χ1n) is 5.63. The van der Waals surface area contributed by atoms with Crippen molar-refractivity contribution in [1.29, 1.82) is 0 Å². The first kappa shape index (κ1) is 15.2. The minimum Gasteiger partial charge on any atom is -0.383 e. The third-order valence-electron chi connectivity index (χ3n) is 2.46. The van der Waals surface area contributed by atoms with Crippen molar-refractivity contribution < 1.29 is 8.42 Å². The highest BCUT2D eigenvalue weighted by Crippen LogP contribution is 2.09. The summed E-state index contributed by atoms with van der Waals surface area (Å²) in [4.78, 5) is 25.1. The highest BCUT2D eigenvalue weighted by Gasteiger charge is 2.11. The lowest BCUT2D eigenvalue weighted by Crippen LogP contribution is -2.34. The largest absolute Gasteiger partial charge is 0.383 e. The molecule has 0 aliphatic carbocycles. The van der Waals surface area contributed by atoms with Crippen molar-refractivity contribution >= 4 is 21.5 Å². The fraction of sp³-hybridized carbons (Fsp3) is 0.556. The van der Waals surface area contributed by atoms with Crippen LogP contribution in [-0.2, 0) is 16.6 Å². The van der Waals surface area contributed by atoms with Crippen LogP contribution in [0.3, 0.4) is 0 Å². The maximum absolute atomic E-state index is 11.6. The van der Waals surface area contributed by atoms with E-state index in [9.17, 15) is 18.0 Å². The Morgan fingerprint density at radius 1 is 1.37 bits per heavy atom. The van der Waals surface area contributed by atoms with E-state index in [0.717, 1.165) is 0 Å². The second-order valence-corrected chi connectivity index (χ2v) is 5.65. The number of aromatic nitrogens is 2. The number of nitrogens with zero attached hydrogens (tertiary/aromatic N) is 1. The Morgan fingerprint density at radius 3 is 2.53 bits per heavy atom. The van der Waals surface area contributed by atoms with Crippen LogP contribution in [-0.4, -0.2) is 30.3 Å². The number of H-pyrrole nitrogens is 1. The van der Waals surface area contributed by atoms with Gasteiger partial charge in [0.05, 0.1) is 5.75 Å². The molecule has 0 aromatic carbocycles. The molecule has 0 fully saturated rings. The molecule has 10 heteroatoms. The van der Waals surface area contributed by atoms with E-state index < -0.39 is 21.3 Å². The predicted molar refractivity (Wildman–Crippen MR) is 72.5 cm³/mol. The number of hydrogen-bond donors (Lipinski definition) is 4. The molecule has 1 aromatic rings. The van der Waals surface area contributed by atoms with Gasteiger partial charge >= 0.3 is 5.69 Å². The topological polar surface area (TPSA) is 153 Å². The van der Waals surface area contributed by atoms with Crippen LogP contribution in [0.5, 0.6) is 0 Å². The average molecular weight is 291 g/mol. The van der Waals surface area contributed by atoms with E-state index in [1.54, 1.807) is 6.92 Å². The Labute approximate surface area is 109 Å². The van der Waals surface area contributed by atoms with Gasteiger partial charge in [-0.25, -0.2) is 18.4 Å². The average Bonchev–Trinajstić information content (AvgIpc) is 2.26. The number of hydrogen-bond acceptors (Lipinski definition) is 6. The molecule has 0 bridgehead atoms. The van der Waals surface area contributed by atoms with Gasteiger partial charge in [0.25, 0.3) is 5.56 Å². The molecule has 0 spiro atoms. The summed E-state index contributed by atoms with van der Waals surface area (Å²) in [6, 6.07) is 0. The minimum atomic E-state index is -3.53. The van der Waals surface area contributed by atoms with Gasteiger partial charge in [0.15, 0.2) is 0 Å². The predicted octanol–water partition coefficient (Wildman–Crippen LogP) is -1.77. The van der Waals surface area contributed by atoms with E-state index in [1.165, 1.54) is 4.57 Å². The third-order valence-corrected chi connectivity index (χ3v) is 3.32. The summed E-state index contributed by atoms with van der Waals surface area (Å²) in [5.74, 6) is -0.183. The van der Waals surface area contributed by atoms with Crippen LogP contribution >= 0.6 is 0 Å². The summed E-state index contributed by atoms with van der Waals surface area (Å²) in [6.45, 7) is 2.22. The molecule has 1 heterocycles. The summed E-state index contributed by atoms with van der Waals surface area (Å²) >= 11 is 0. The summed E-state index contributed by atoms with van der Waals surface area (Å²) in [5.41, 5.74) is 4.53. The molecule has 0 unspecified atom stereocenters. The van der Waals surface area contributed by atoms with Gasteiger partial charge in [0, 0.05) is 13.1 Å². The first-order valence-corrected chi connectivity index (χ1v) is 7.34. The van der Waals surface area contributed by atoms with Crippen LogP contribution in [0.1, 0.15) is 13.3 Å². The second-order valence-electron chi connectivity index (χ2n) is 3.91. The molecule has 0 saturated heterocycles. The number of nitrogens with two attached hydrogens (primary N) is 2. The van der Waals surface area contributed by atoms with Gasteiger partial charge in [0.2, 0.25) is 10.0 Å². The fourth-order valence-electron chi connectivity index (χ4n) is 1.56. The van der Waals surface area contributed by atoms with Crippen LogP contribution in [0.4, 0.5) is 11.5 Å². The van der Waals surface area contributed by atoms with Crippen molar-refractivity contribution in [3.63, 3.8) is 0 Å². The van der Waals surface area contributed by atoms with E-state index in [-0.39, 0.29) is 30.2 Å². The van der Waals surface area contributed by atoms with Crippen molar-refractivity contribution in [2.45, 2.75) is 19.9 Å². The summed E-state index contributed by atoms with van der Waals surface area (Å²) in [6.07, 6.45) is 0.225. The van der Waals surface area contributed by atoms with Crippen LogP contribution in [0.25, 0.3) is 0 Å². The molecule has 0 atom stereocenters. The molecular formula is C9H17N5O4S. The Kier molecular flexibility index (Phi) is 4.72. The first-order chi connectivity index (χ1) is 8.76. The summed E-state index contributed by atoms with van der Waals surface area (Å²) in [5, 5.41) is 7.55. The van der Waals surface area contributed by atoms with Gasteiger partial charge in [-0.05, 0) is 13.3 Å². The summed E-state index contributed by atoms with van der Waals surface area (Å²) in [7, 11) is -3.53. The zero-order chi connectivity index (χ0) is 14.6. The van der Waals surface area contributed by atoms with Crippen molar-refractivity contribution in [2.75, 3.05) is 23.3 Å². The maximum Gasteiger partial charge on any atom is 0.330 e. The van der Waals surface area contributed by atoms with Crippen molar-refractivity contribution in [3.8, 4) is 0 Å². The molecule has 0 radical (unpaired) electrons. The number of primary sulfonamides is 1. The van der Waals surface area contributed by atoms with Crippen molar-refractivity contribution in [1.82, 2.24) is 9.55 Å². The maximum atomic E-state index is 11.6. The van der Waals surface area contributed by atoms with Gasteiger partial charge in [-0.2, -0.15) is 0 Å². The van der Waals surface area contributed by atoms with E-state index >= 15 is 0 Å². The normalized spacial score (nSPS) is 11.5. The van der Waals surface area contributed by atoms with E-state index in [0.29, 0.717) is 6.54 Å². The van der Waals surface area contributed by atoms with E-state index in [2.05, 4.69) is 10.3 Å². The molecular weight excluding hydrogens is 274 g/mol. The number of anilines is 2. The monoisotopic (exact) mass is 291 g/mol. The molecule has 6 N–H and O–H groups in total. The van der Waals surface area contributed by atoms with Gasteiger partial charge in [-0.15, -0.1) is 0 Å². The highest BCUT2D eigenvalue weighted by atomic mass is 32.2. The number of rotatable bonds is 6. The van der Waals surface area contributed by atoms with Crippen LogP contribution in [0.15, 0.2) is 9.59 Å². The molecule has 19 heavy (non-hydrogen) atoms. The quantitative estimate of drug-likeness (QED) is 0.455. The van der Waals surface area contributed by atoms with Gasteiger partial charge in [-0.3, -0.25) is 14.3 Å². The number of nitrogens with one attached hydrogen (secondary N) is 2. The molecule has 1 aromatic heterocycles. The smallest absolute Gasteiger partial charge is 0.330 e. The SMILES string of the molecule is CCn1c(N)c(NCCCS(N)(=O)=O)c(=O)[nH]c1=O. The Bertz CT molecular complexity index is 660.